The summed E-state index contributed by atoms with van der Waals surface area (Å²) in [5, 5.41) is 26.8. The fourth-order valence-corrected chi connectivity index (χ4v) is 14.7. The Balaban J connectivity index is 1.10. The van der Waals surface area contributed by atoms with Crippen molar-refractivity contribution in [3.8, 4) is 0 Å². The van der Waals surface area contributed by atoms with Crippen LogP contribution in [0.25, 0.3) is 10.8 Å². The first kappa shape index (κ1) is 39.2. The van der Waals surface area contributed by atoms with E-state index in [2.05, 4.69) is 90.1 Å². The minimum atomic E-state index is -1.20. The van der Waals surface area contributed by atoms with E-state index < -0.39 is 22.5 Å². The van der Waals surface area contributed by atoms with Crippen LogP contribution in [-0.4, -0.2) is 51.3 Å². The number of fused-ring (bicyclic) bond motifs is 2. The number of ether oxygens (including phenoxy) is 1. The average molecular weight is 790 g/mol. The largest absolute Gasteiger partial charge is 0.446 e. The van der Waals surface area contributed by atoms with Gasteiger partial charge in [0.1, 0.15) is 6.10 Å². The standard InChI is InChI=1S/C50H63NO5S/c1-31(2)37-16-14-32(3)26-40(37)56-45(54)51(29-35-12-9-11-34-10-7-8-13-38(34)35)30-49(55)23-20-43-47(49,6)22-19-42-46(5)21-18-36(52)27-48(46)24-25-50(42,43)39(28-48)44(53)41-17-15-33(4)57-41/h7-13,15,17,24-25,28,31-32,36-37,40,42-43,52,55H,14,16,18-23,26-27,29-30H2,1-6H3/t32-,36?,37+,40-,42+,43+,46+,47-,48-,49+,50+/m0/s1. The minimum absolute atomic E-state index is 0.00294. The molecule has 2 bridgehead atoms. The molecule has 4 saturated carbocycles. The second kappa shape index (κ2) is 13.9. The Bertz CT molecular complexity index is 2130. The molecule has 1 heterocycles. The normalized spacial score (nSPS) is 39.4. The fourth-order valence-electron chi connectivity index (χ4n) is 13.9. The van der Waals surface area contributed by atoms with Crippen LogP contribution in [-0.2, 0) is 11.3 Å². The van der Waals surface area contributed by atoms with Gasteiger partial charge in [0.25, 0.3) is 0 Å². The summed E-state index contributed by atoms with van der Waals surface area (Å²) in [6.07, 6.45) is 14.6. The summed E-state index contributed by atoms with van der Waals surface area (Å²) in [5.41, 5.74) is -0.877. The van der Waals surface area contributed by atoms with Gasteiger partial charge in [0.2, 0.25) is 0 Å². The van der Waals surface area contributed by atoms with E-state index in [0.717, 1.165) is 83.0 Å². The number of carbonyl (C=O) groups is 2. The number of amides is 1. The van der Waals surface area contributed by atoms with Crippen molar-refractivity contribution < 1.29 is 24.5 Å². The molecule has 0 saturated heterocycles. The molecule has 1 aromatic heterocycles. The second-order valence-corrected chi connectivity index (χ2v) is 21.6. The highest BCUT2D eigenvalue weighted by Gasteiger charge is 2.74. The number of nitrogens with zero attached hydrogens (tertiary/aromatic N) is 1. The third-order valence-electron chi connectivity index (χ3n) is 17.1. The summed E-state index contributed by atoms with van der Waals surface area (Å²) in [6, 6.07) is 18.6. The fraction of sp³-hybridized carbons (Fsp3) is 0.600. The number of ketones is 1. The molecule has 2 spiro atoms. The monoisotopic (exact) mass is 789 g/mol. The van der Waals surface area contributed by atoms with Crippen LogP contribution in [0.3, 0.4) is 0 Å². The van der Waals surface area contributed by atoms with Crippen molar-refractivity contribution in [1.29, 1.82) is 0 Å². The lowest BCUT2D eigenvalue weighted by atomic mass is 9.32. The number of aliphatic hydroxyl groups is 2. The number of carbonyl (C=O) groups excluding carboxylic acids is 2. The van der Waals surface area contributed by atoms with Gasteiger partial charge in [0.15, 0.2) is 5.78 Å². The van der Waals surface area contributed by atoms with Crippen LogP contribution in [0.1, 0.15) is 119 Å². The smallest absolute Gasteiger partial charge is 0.410 e. The van der Waals surface area contributed by atoms with Crippen molar-refractivity contribution in [2.45, 2.75) is 130 Å². The maximum atomic E-state index is 14.9. The number of thiophene rings is 1. The van der Waals surface area contributed by atoms with Gasteiger partial charge in [-0.1, -0.05) is 102 Å². The summed E-state index contributed by atoms with van der Waals surface area (Å²) in [7, 11) is 0. The number of Topliss-reactive ketones (excluding diaryl/α,β-unsaturated/α-hetero) is 1. The van der Waals surface area contributed by atoms with E-state index in [0.29, 0.717) is 37.1 Å². The van der Waals surface area contributed by atoms with Crippen LogP contribution in [0.2, 0.25) is 0 Å². The van der Waals surface area contributed by atoms with Crippen molar-refractivity contribution in [3.63, 3.8) is 0 Å². The van der Waals surface area contributed by atoms with Gasteiger partial charge in [-0.25, -0.2) is 4.79 Å². The maximum absolute atomic E-state index is 14.9. The van der Waals surface area contributed by atoms with Gasteiger partial charge in [0, 0.05) is 33.2 Å². The molecule has 2 N–H and O–H groups in total. The Kier molecular flexibility index (Phi) is 9.57. The van der Waals surface area contributed by atoms with Gasteiger partial charge in [-0.2, -0.15) is 0 Å². The van der Waals surface area contributed by atoms with E-state index >= 15 is 0 Å². The molecular weight excluding hydrogens is 727 g/mol. The van der Waals surface area contributed by atoms with Gasteiger partial charge in [-0.3, -0.25) is 4.79 Å². The molecule has 0 radical (unpaired) electrons. The first-order valence-corrected chi connectivity index (χ1v) is 22.8. The summed E-state index contributed by atoms with van der Waals surface area (Å²) in [6.45, 7) is 14.0. The molecular formula is C50H63NO5S. The number of benzene rings is 2. The zero-order chi connectivity index (χ0) is 40.1. The molecule has 1 amide bonds. The Morgan fingerprint density at radius 3 is 2.42 bits per heavy atom. The molecule has 6 nitrogen and oxygen atoms in total. The first-order chi connectivity index (χ1) is 27.1. The Hall–Kier alpha value is -3.26. The van der Waals surface area contributed by atoms with E-state index in [9.17, 15) is 19.8 Å². The van der Waals surface area contributed by atoms with Crippen LogP contribution in [0.5, 0.6) is 0 Å². The summed E-state index contributed by atoms with van der Waals surface area (Å²) >= 11 is 1.56. The molecule has 11 atom stereocenters. The van der Waals surface area contributed by atoms with Crippen LogP contribution in [0, 0.1) is 58.2 Å². The molecule has 57 heavy (non-hydrogen) atoms. The SMILES string of the molecule is Cc1ccc(C(=O)C2=C[C@@]34C=C[C@@]25[C@@H]2CC[C@@](O)(CN(Cc6cccc7ccccc67)C(=O)O[C@H]6C[C@@H](C)CC[C@@H]6C(C)C)[C@@]2(C)CC[C@@H]5[C@@]3(C)CCC(O)C4)s1. The molecule has 1 unspecified atom stereocenters. The van der Waals surface area contributed by atoms with Crippen LogP contribution < -0.4 is 0 Å². The Morgan fingerprint density at radius 2 is 1.65 bits per heavy atom. The molecule has 2 aromatic carbocycles. The molecule has 3 aromatic rings. The highest BCUT2D eigenvalue weighted by Crippen LogP contribution is 2.78. The molecule has 7 heteroatoms. The molecule has 304 valence electrons. The maximum Gasteiger partial charge on any atom is 0.410 e. The lowest BCUT2D eigenvalue weighted by Crippen LogP contribution is -2.67. The third-order valence-corrected chi connectivity index (χ3v) is 18.1. The Labute approximate surface area is 343 Å². The lowest BCUT2D eigenvalue weighted by molar-refractivity contribution is -0.175. The summed E-state index contributed by atoms with van der Waals surface area (Å²) in [4.78, 5) is 33.5. The highest BCUT2D eigenvalue weighted by molar-refractivity contribution is 7.14. The number of allylic oxidation sites excluding steroid dienone is 4. The molecule has 7 aliphatic carbocycles. The molecule has 7 aliphatic rings. The van der Waals surface area contributed by atoms with Gasteiger partial charge in [-0.15, -0.1) is 11.3 Å². The number of hydrogen-bond acceptors (Lipinski definition) is 6. The van der Waals surface area contributed by atoms with Crippen LogP contribution in [0.15, 0.2) is 78.4 Å². The second-order valence-electron chi connectivity index (χ2n) is 20.3. The number of hydrogen-bond donors (Lipinski definition) is 2. The summed E-state index contributed by atoms with van der Waals surface area (Å²) in [5.74, 6) is 1.53. The lowest BCUT2D eigenvalue weighted by Gasteiger charge is -2.71. The van der Waals surface area contributed by atoms with Crippen molar-refractivity contribution >= 4 is 34.0 Å². The first-order valence-electron chi connectivity index (χ1n) is 22.0. The van der Waals surface area contributed by atoms with Gasteiger partial charge < -0.3 is 19.8 Å². The van der Waals surface area contributed by atoms with E-state index in [4.69, 9.17) is 4.74 Å². The van der Waals surface area contributed by atoms with Crippen LogP contribution >= 0.6 is 11.3 Å². The van der Waals surface area contributed by atoms with E-state index in [-0.39, 0.29) is 47.2 Å². The van der Waals surface area contributed by atoms with E-state index in [1.165, 1.54) is 0 Å². The zero-order valence-electron chi connectivity index (χ0n) is 34.9. The topological polar surface area (TPSA) is 87.1 Å². The summed E-state index contributed by atoms with van der Waals surface area (Å²) < 4.78 is 6.61. The third kappa shape index (κ3) is 5.90. The Morgan fingerprint density at radius 1 is 0.912 bits per heavy atom. The average Bonchev–Trinajstić information content (AvgIpc) is 3.73. The van der Waals surface area contributed by atoms with Crippen molar-refractivity contribution in [3.05, 3.63) is 93.7 Å². The highest BCUT2D eigenvalue weighted by atomic mass is 32.1. The van der Waals surface area contributed by atoms with Crippen molar-refractivity contribution in [1.82, 2.24) is 4.90 Å². The quantitative estimate of drug-likeness (QED) is 0.175. The molecule has 10 rings (SSSR count). The minimum Gasteiger partial charge on any atom is -0.446 e. The molecule has 0 aliphatic heterocycles. The van der Waals surface area contributed by atoms with E-state index in [1.54, 1.807) is 11.3 Å². The van der Waals surface area contributed by atoms with Gasteiger partial charge in [0.05, 0.1) is 23.1 Å². The van der Waals surface area contributed by atoms with Crippen molar-refractivity contribution in [2.24, 2.45) is 51.2 Å². The predicted octanol–water partition coefficient (Wildman–Crippen LogP) is 11.1. The zero-order valence-corrected chi connectivity index (χ0v) is 35.7. The number of rotatable bonds is 8. The van der Waals surface area contributed by atoms with E-state index in [1.807, 2.05) is 29.2 Å². The van der Waals surface area contributed by atoms with Crippen LogP contribution in [0.4, 0.5) is 4.79 Å². The van der Waals surface area contributed by atoms with Crippen molar-refractivity contribution in [2.75, 3.05) is 6.54 Å². The van der Waals surface area contributed by atoms with Gasteiger partial charge in [-0.05, 0) is 128 Å². The number of aryl methyl sites for hydroxylation is 1. The number of aliphatic hydroxyl groups excluding tert-OH is 1. The van der Waals surface area contributed by atoms with Gasteiger partial charge >= 0.3 is 6.09 Å². The predicted molar refractivity (Wildman–Crippen MR) is 228 cm³/mol. The molecule has 4 fully saturated rings.